The lowest BCUT2D eigenvalue weighted by atomic mass is 10.00. The molecular weight excluding hydrogens is 568 g/mol. The highest BCUT2D eigenvalue weighted by Crippen LogP contribution is 2.29. The number of urea groups is 1. The van der Waals surface area contributed by atoms with Crippen molar-refractivity contribution < 1.29 is 9.59 Å². The average Bonchev–Trinajstić information content (AvgIpc) is 3.50. The number of benzene rings is 2. The number of rotatable bonds is 9. The second kappa shape index (κ2) is 13.1. The Labute approximate surface area is 260 Å². The third-order valence-electron chi connectivity index (χ3n) is 7.87. The normalized spacial score (nSPS) is 13.0. The van der Waals surface area contributed by atoms with E-state index in [1.807, 2.05) is 66.7 Å². The molecule has 0 saturated heterocycles. The SMILES string of the molecule is CC(N)C(=O)NCCCCn1nc(-c2ccc(NC(=O)N3Cc4ccncc4C3)cc2)cc(-c2cccc3ncccc23)c1=O. The van der Waals surface area contributed by atoms with Crippen LogP contribution < -0.4 is 21.9 Å². The maximum absolute atomic E-state index is 13.8. The Morgan fingerprint density at radius 1 is 0.956 bits per heavy atom. The number of unbranched alkanes of at least 4 members (excludes halogenated alkanes) is 1. The van der Waals surface area contributed by atoms with Crippen molar-refractivity contribution in [2.24, 2.45) is 5.73 Å². The van der Waals surface area contributed by atoms with Crippen LogP contribution in [0, 0.1) is 0 Å². The summed E-state index contributed by atoms with van der Waals surface area (Å²) in [7, 11) is 0. The average molecular weight is 603 g/mol. The van der Waals surface area contributed by atoms with Crippen molar-refractivity contribution in [2.75, 3.05) is 11.9 Å². The van der Waals surface area contributed by atoms with E-state index in [1.165, 1.54) is 4.68 Å². The second-order valence-corrected chi connectivity index (χ2v) is 11.1. The first-order chi connectivity index (χ1) is 21.9. The van der Waals surface area contributed by atoms with Gasteiger partial charge in [-0.05, 0) is 72.9 Å². The number of nitrogens with one attached hydrogen (secondary N) is 2. The first kappa shape index (κ1) is 29.6. The number of aromatic nitrogens is 4. The van der Waals surface area contributed by atoms with Crippen LogP contribution in [-0.4, -0.2) is 49.2 Å². The van der Waals surface area contributed by atoms with Crippen LogP contribution in [0.25, 0.3) is 33.3 Å². The molecular formula is C34H34N8O3. The largest absolute Gasteiger partial charge is 0.355 e. The molecule has 0 bridgehead atoms. The van der Waals surface area contributed by atoms with Gasteiger partial charge in [0.1, 0.15) is 0 Å². The van der Waals surface area contributed by atoms with E-state index in [0.717, 1.165) is 33.2 Å². The Bertz CT molecular complexity index is 1890. The van der Waals surface area contributed by atoms with Gasteiger partial charge in [0.2, 0.25) is 5.91 Å². The summed E-state index contributed by atoms with van der Waals surface area (Å²) >= 11 is 0. The molecule has 45 heavy (non-hydrogen) atoms. The van der Waals surface area contributed by atoms with Crippen molar-refractivity contribution in [2.45, 2.75) is 45.4 Å². The molecule has 3 aromatic heterocycles. The van der Waals surface area contributed by atoms with Gasteiger partial charge in [-0.3, -0.25) is 19.6 Å². The van der Waals surface area contributed by atoms with E-state index in [9.17, 15) is 14.4 Å². The van der Waals surface area contributed by atoms with E-state index in [4.69, 9.17) is 10.8 Å². The molecule has 11 heteroatoms. The standard InChI is InChI=1S/C34H34N8O3/c1-22(35)32(43)38-14-2-3-17-42-33(44)29(27-6-4-8-30-28(27)7-5-15-37-30)18-31(40-42)23-9-11-26(12-10-23)39-34(45)41-20-24-13-16-36-19-25(24)21-41/h4-13,15-16,18-19,22H,2-3,14,17,20-21,35H2,1H3,(H,38,43)(H,39,45). The quantitative estimate of drug-likeness (QED) is 0.213. The number of hydrogen-bond donors (Lipinski definition) is 3. The van der Waals surface area contributed by atoms with Gasteiger partial charge >= 0.3 is 6.03 Å². The van der Waals surface area contributed by atoms with E-state index in [1.54, 1.807) is 30.4 Å². The third kappa shape index (κ3) is 6.58. The van der Waals surface area contributed by atoms with Crippen molar-refractivity contribution in [1.29, 1.82) is 0 Å². The van der Waals surface area contributed by atoms with Crippen molar-refractivity contribution in [3.63, 3.8) is 0 Å². The fourth-order valence-corrected chi connectivity index (χ4v) is 5.41. The number of fused-ring (bicyclic) bond motifs is 2. The number of carbonyl (C=O) groups excluding carboxylic acids is 2. The molecule has 5 aromatic rings. The third-order valence-corrected chi connectivity index (χ3v) is 7.87. The van der Waals surface area contributed by atoms with Gasteiger partial charge in [-0.25, -0.2) is 9.48 Å². The predicted octanol–water partition coefficient (Wildman–Crippen LogP) is 4.31. The Morgan fingerprint density at radius 2 is 1.78 bits per heavy atom. The minimum absolute atomic E-state index is 0.186. The Morgan fingerprint density at radius 3 is 2.58 bits per heavy atom. The fourth-order valence-electron chi connectivity index (χ4n) is 5.41. The molecule has 1 aliphatic rings. The Balaban J connectivity index is 1.25. The summed E-state index contributed by atoms with van der Waals surface area (Å²) in [6.45, 7) is 3.53. The summed E-state index contributed by atoms with van der Waals surface area (Å²) in [5.74, 6) is -0.207. The molecule has 0 aliphatic carbocycles. The molecule has 1 atom stereocenters. The molecule has 4 N–H and O–H groups in total. The van der Waals surface area contributed by atoms with Crippen LogP contribution in [0.2, 0.25) is 0 Å². The molecule has 1 aliphatic heterocycles. The molecule has 11 nitrogen and oxygen atoms in total. The number of amides is 3. The van der Waals surface area contributed by atoms with Crippen LogP contribution in [0.1, 0.15) is 30.9 Å². The van der Waals surface area contributed by atoms with Crippen LogP contribution >= 0.6 is 0 Å². The van der Waals surface area contributed by atoms with E-state index in [0.29, 0.717) is 56.0 Å². The minimum atomic E-state index is -0.571. The number of aryl methyl sites for hydroxylation is 1. The lowest BCUT2D eigenvalue weighted by molar-refractivity contribution is -0.121. The zero-order valence-corrected chi connectivity index (χ0v) is 24.9. The second-order valence-electron chi connectivity index (χ2n) is 11.1. The smallest absolute Gasteiger partial charge is 0.322 e. The monoisotopic (exact) mass is 602 g/mol. The molecule has 0 saturated carbocycles. The van der Waals surface area contributed by atoms with Crippen LogP contribution in [0.15, 0.2) is 90.1 Å². The van der Waals surface area contributed by atoms with Crippen LogP contribution in [0.3, 0.4) is 0 Å². The van der Waals surface area contributed by atoms with Crippen molar-refractivity contribution in [1.82, 2.24) is 30.0 Å². The summed E-state index contributed by atoms with van der Waals surface area (Å²) in [6.07, 6.45) is 6.56. The summed E-state index contributed by atoms with van der Waals surface area (Å²) in [5.41, 5.74) is 11.7. The molecule has 6 rings (SSSR count). The van der Waals surface area contributed by atoms with Crippen LogP contribution in [0.4, 0.5) is 10.5 Å². The van der Waals surface area contributed by atoms with Crippen molar-refractivity contribution >= 4 is 28.5 Å². The highest BCUT2D eigenvalue weighted by molar-refractivity contribution is 5.95. The van der Waals surface area contributed by atoms with Crippen molar-refractivity contribution in [3.8, 4) is 22.4 Å². The first-order valence-electron chi connectivity index (χ1n) is 14.9. The minimum Gasteiger partial charge on any atom is -0.355 e. The lowest BCUT2D eigenvalue weighted by Crippen LogP contribution is -2.38. The van der Waals surface area contributed by atoms with Crippen molar-refractivity contribution in [3.05, 3.63) is 107 Å². The summed E-state index contributed by atoms with van der Waals surface area (Å²) < 4.78 is 1.49. The number of nitrogens with two attached hydrogens (primary N) is 1. The maximum Gasteiger partial charge on any atom is 0.322 e. The van der Waals surface area contributed by atoms with Gasteiger partial charge in [-0.15, -0.1) is 0 Å². The molecule has 0 spiro atoms. The van der Waals surface area contributed by atoms with Gasteiger partial charge < -0.3 is 21.3 Å². The molecule has 0 radical (unpaired) electrons. The van der Waals surface area contributed by atoms with Gasteiger partial charge in [-0.2, -0.15) is 5.10 Å². The molecule has 4 heterocycles. The van der Waals surface area contributed by atoms with E-state index >= 15 is 0 Å². The highest BCUT2D eigenvalue weighted by Gasteiger charge is 2.23. The molecule has 3 amide bonds. The van der Waals surface area contributed by atoms with E-state index in [2.05, 4.69) is 20.6 Å². The molecule has 1 unspecified atom stereocenters. The molecule has 2 aromatic carbocycles. The van der Waals surface area contributed by atoms with Gasteiger partial charge in [0, 0.05) is 61.4 Å². The summed E-state index contributed by atoms with van der Waals surface area (Å²) in [6, 6.07) is 20.0. The summed E-state index contributed by atoms with van der Waals surface area (Å²) in [4.78, 5) is 48.9. The fraction of sp³-hybridized carbons (Fsp3) is 0.235. The molecule has 0 fully saturated rings. The first-order valence-corrected chi connectivity index (χ1v) is 14.9. The van der Waals surface area contributed by atoms with E-state index in [-0.39, 0.29) is 17.5 Å². The number of pyridine rings is 2. The number of nitrogens with zero attached hydrogens (tertiary/aromatic N) is 5. The lowest BCUT2D eigenvalue weighted by Gasteiger charge is -2.17. The number of anilines is 1. The van der Waals surface area contributed by atoms with Gasteiger partial charge in [0.15, 0.2) is 0 Å². The van der Waals surface area contributed by atoms with Gasteiger partial charge in [0.05, 0.1) is 22.8 Å². The van der Waals surface area contributed by atoms with Crippen LogP contribution in [0.5, 0.6) is 0 Å². The Hall–Kier alpha value is -5.42. The van der Waals surface area contributed by atoms with Gasteiger partial charge in [0.25, 0.3) is 5.56 Å². The highest BCUT2D eigenvalue weighted by atomic mass is 16.2. The molecule has 228 valence electrons. The summed E-state index contributed by atoms with van der Waals surface area (Å²) in [5, 5.41) is 11.4. The zero-order chi connectivity index (χ0) is 31.3. The number of carbonyl (C=O) groups is 2. The topological polar surface area (TPSA) is 148 Å². The Kier molecular flexibility index (Phi) is 8.61. The van der Waals surface area contributed by atoms with E-state index < -0.39 is 6.04 Å². The number of hydrogen-bond acceptors (Lipinski definition) is 7. The maximum atomic E-state index is 13.8. The zero-order valence-electron chi connectivity index (χ0n) is 24.9. The van der Waals surface area contributed by atoms with Crippen LogP contribution in [-0.2, 0) is 24.4 Å². The van der Waals surface area contributed by atoms with Gasteiger partial charge in [-0.1, -0.05) is 30.3 Å². The predicted molar refractivity (Wildman–Crippen MR) is 173 cm³/mol.